The number of carbonyl (C=O) groups excluding carboxylic acids is 1. The molecule has 142 valence electrons. The second-order valence-corrected chi connectivity index (χ2v) is 6.72. The quantitative estimate of drug-likeness (QED) is 0.676. The number of pyridine rings is 1. The van der Waals surface area contributed by atoms with Crippen molar-refractivity contribution in [2.24, 2.45) is 0 Å². The molecular formula is C20H18ClN5O2. The van der Waals surface area contributed by atoms with Crippen molar-refractivity contribution in [3.05, 3.63) is 70.6 Å². The minimum absolute atomic E-state index is 0.287. The SMILES string of the molecule is CCOC(=O)C1=C(C)Nc2nc(-c3ccc(Cl)cc3)nn2[C@@H]1c1cccnc1. The van der Waals surface area contributed by atoms with Crippen molar-refractivity contribution in [1.82, 2.24) is 19.7 Å². The minimum atomic E-state index is -0.488. The topological polar surface area (TPSA) is 81.9 Å². The van der Waals surface area contributed by atoms with Gasteiger partial charge in [0, 0.05) is 28.7 Å². The van der Waals surface area contributed by atoms with Crippen LogP contribution in [0.4, 0.5) is 5.95 Å². The number of hydrogen-bond donors (Lipinski definition) is 1. The number of rotatable bonds is 4. The number of fused-ring (bicyclic) bond motifs is 1. The van der Waals surface area contributed by atoms with E-state index in [4.69, 9.17) is 16.3 Å². The van der Waals surface area contributed by atoms with Crippen molar-refractivity contribution >= 4 is 23.5 Å². The van der Waals surface area contributed by atoms with E-state index < -0.39 is 12.0 Å². The largest absolute Gasteiger partial charge is 0.463 e. The molecule has 1 atom stereocenters. The number of allylic oxidation sites excluding steroid dienone is 1. The first kappa shape index (κ1) is 18.2. The molecule has 1 aromatic carbocycles. The molecule has 1 N–H and O–H groups in total. The van der Waals surface area contributed by atoms with Crippen LogP contribution in [0.15, 0.2) is 60.1 Å². The maximum absolute atomic E-state index is 12.7. The van der Waals surface area contributed by atoms with Gasteiger partial charge in [-0.05, 0) is 49.7 Å². The molecule has 0 amide bonds. The Kier molecular flexibility index (Phi) is 4.83. The fourth-order valence-corrected chi connectivity index (χ4v) is 3.32. The zero-order chi connectivity index (χ0) is 19.7. The van der Waals surface area contributed by atoms with E-state index in [9.17, 15) is 4.79 Å². The van der Waals surface area contributed by atoms with Crippen LogP contribution in [-0.4, -0.2) is 32.3 Å². The normalized spacial score (nSPS) is 15.8. The van der Waals surface area contributed by atoms with Gasteiger partial charge in [-0.3, -0.25) is 4.98 Å². The van der Waals surface area contributed by atoms with Gasteiger partial charge in [-0.1, -0.05) is 17.7 Å². The first-order valence-electron chi connectivity index (χ1n) is 8.85. The third kappa shape index (κ3) is 3.25. The van der Waals surface area contributed by atoms with Crippen molar-refractivity contribution in [3.63, 3.8) is 0 Å². The fourth-order valence-electron chi connectivity index (χ4n) is 3.19. The van der Waals surface area contributed by atoms with Crippen molar-refractivity contribution in [2.75, 3.05) is 11.9 Å². The molecule has 3 aromatic rings. The van der Waals surface area contributed by atoms with Gasteiger partial charge in [-0.2, -0.15) is 4.98 Å². The van der Waals surface area contributed by atoms with Gasteiger partial charge in [0.25, 0.3) is 0 Å². The monoisotopic (exact) mass is 395 g/mol. The third-order valence-electron chi connectivity index (χ3n) is 4.45. The number of hydrogen-bond acceptors (Lipinski definition) is 6. The molecule has 0 spiro atoms. The van der Waals surface area contributed by atoms with Crippen LogP contribution < -0.4 is 5.32 Å². The number of nitrogens with zero attached hydrogens (tertiary/aromatic N) is 4. The molecule has 2 aromatic heterocycles. The molecule has 0 saturated heterocycles. The van der Waals surface area contributed by atoms with E-state index in [1.807, 2.05) is 31.2 Å². The molecule has 0 fully saturated rings. The number of esters is 1. The summed E-state index contributed by atoms with van der Waals surface area (Å²) >= 11 is 5.98. The van der Waals surface area contributed by atoms with E-state index in [0.717, 1.165) is 11.1 Å². The van der Waals surface area contributed by atoms with Crippen LogP contribution in [-0.2, 0) is 9.53 Å². The lowest BCUT2D eigenvalue weighted by Crippen LogP contribution is -2.29. The number of anilines is 1. The van der Waals surface area contributed by atoms with Gasteiger partial charge in [0.15, 0.2) is 5.82 Å². The Morgan fingerprint density at radius 3 is 2.75 bits per heavy atom. The van der Waals surface area contributed by atoms with Crippen molar-refractivity contribution in [2.45, 2.75) is 19.9 Å². The summed E-state index contributed by atoms with van der Waals surface area (Å²) in [7, 11) is 0. The minimum Gasteiger partial charge on any atom is -0.463 e. The van der Waals surface area contributed by atoms with Crippen LogP contribution in [0.2, 0.25) is 5.02 Å². The highest BCUT2D eigenvalue weighted by Crippen LogP contribution is 2.36. The van der Waals surface area contributed by atoms with Gasteiger partial charge in [0.1, 0.15) is 6.04 Å². The number of nitrogens with one attached hydrogen (secondary N) is 1. The highest BCUT2D eigenvalue weighted by atomic mass is 35.5. The maximum atomic E-state index is 12.7. The van der Waals surface area contributed by atoms with Crippen LogP contribution in [0, 0.1) is 0 Å². The average molecular weight is 396 g/mol. The molecule has 0 saturated carbocycles. The van der Waals surface area contributed by atoms with Crippen molar-refractivity contribution < 1.29 is 9.53 Å². The van der Waals surface area contributed by atoms with Crippen LogP contribution in [0.5, 0.6) is 0 Å². The lowest BCUT2D eigenvalue weighted by Gasteiger charge is -2.27. The van der Waals surface area contributed by atoms with E-state index in [1.165, 1.54) is 0 Å². The molecule has 7 nitrogen and oxygen atoms in total. The summed E-state index contributed by atoms with van der Waals surface area (Å²) in [6.45, 7) is 3.90. The predicted octanol–water partition coefficient (Wildman–Crippen LogP) is 3.85. The van der Waals surface area contributed by atoms with Gasteiger partial charge >= 0.3 is 5.97 Å². The number of ether oxygens (including phenoxy) is 1. The smallest absolute Gasteiger partial charge is 0.338 e. The van der Waals surface area contributed by atoms with Crippen LogP contribution >= 0.6 is 11.6 Å². The second kappa shape index (κ2) is 7.44. The molecule has 28 heavy (non-hydrogen) atoms. The highest BCUT2D eigenvalue weighted by molar-refractivity contribution is 6.30. The Hall–Kier alpha value is -3.19. The highest BCUT2D eigenvalue weighted by Gasteiger charge is 2.35. The number of halogens is 1. The van der Waals surface area contributed by atoms with Gasteiger partial charge in [0.05, 0.1) is 12.2 Å². The molecule has 8 heteroatoms. The first-order valence-corrected chi connectivity index (χ1v) is 9.23. The van der Waals surface area contributed by atoms with Gasteiger partial charge in [-0.15, -0.1) is 5.10 Å². The van der Waals surface area contributed by atoms with E-state index in [0.29, 0.717) is 28.1 Å². The van der Waals surface area contributed by atoms with E-state index in [2.05, 4.69) is 20.4 Å². The average Bonchev–Trinajstić information content (AvgIpc) is 3.11. The number of aromatic nitrogens is 4. The van der Waals surface area contributed by atoms with Gasteiger partial charge < -0.3 is 10.1 Å². The van der Waals surface area contributed by atoms with E-state index in [1.54, 1.807) is 36.1 Å². The molecule has 1 aliphatic heterocycles. The van der Waals surface area contributed by atoms with Gasteiger partial charge in [-0.25, -0.2) is 9.48 Å². The van der Waals surface area contributed by atoms with Crippen molar-refractivity contribution in [3.8, 4) is 11.4 Å². The molecule has 0 unspecified atom stereocenters. The zero-order valence-electron chi connectivity index (χ0n) is 15.4. The Morgan fingerprint density at radius 1 is 1.29 bits per heavy atom. The van der Waals surface area contributed by atoms with Crippen LogP contribution in [0.25, 0.3) is 11.4 Å². The van der Waals surface area contributed by atoms with Gasteiger partial charge in [0.2, 0.25) is 5.95 Å². The molecule has 0 bridgehead atoms. The molecule has 0 radical (unpaired) electrons. The summed E-state index contributed by atoms with van der Waals surface area (Å²) in [5, 5.41) is 8.48. The third-order valence-corrected chi connectivity index (χ3v) is 4.70. The summed E-state index contributed by atoms with van der Waals surface area (Å²) in [6, 6.07) is 10.5. The lowest BCUT2D eigenvalue weighted by atomic mass is 9.97. The summed E-state index contributed by atoms with van der Waals surface area (Å²) in [4.78, 5) is 21.5. The fraction of sp³-hybridized carbons (Fsp3) is 0.200. The number of carbonyl (C=O) groups is 1. The second-order valence-electron chi connectivity index (χ2n) is 6.28. The Labute approximate surface area is 167 Å². The van der Waals surface area contributed by atoms with E-state index in [-0.39, 0.29) is 6.61 Å². The molecule has 0 aliphatic carbocycles. The standard InChI is InChI=1S/C20H18ClN5O2/c1-3-28-19(27)16-12(2)23-20-24-18(13-6-8-15(21)9-7-13)25-26(20)17(16)14-5-4-10-22-11-14/h4-11,17H,3H2,1-2H3,(H,23,24,25)/t17-/m1/s1. The molecule has 4 rings (SSSR count). The Balaban J connectivity index is 1.84. The number of benzene rings is 1. The summed E-state index contributed by atoms with van der Waals surface area (Å²) in [5.74, 6) is 0.686. The first-order chi connectivity index (χ1) is 13.6. The summed E-state index contributed by atoms with van der Waals surface area (Å²) in [5.41, 5.74) is 2.80. The summed E-state index contributed by atoms with van der Waals surface area (Å²) < 4.78 is 6.98. The van der Waals surface area contributed by atoms with Crippen molar-refractivity contribution in [1.29, 1.82) is 0 Å². The lowest BCUT2D eigenvalue weighted by molar-refractivity contribution is -0.139. The Bertz CT molecular complexity index is 1040. The zero-order valence-corrected chi connectivity index (χ0v) is 16.1. The van der Waals surface area contributed by atoms with Crippen LogP contribution in [0.3, 0.4) is 0 Å². The van der Waals surface area contributed by atoms with Crippen LogP contribution in [0.1, 0.15) is 25.5 Å². The van der Waals surface area contributed by atoms with E-state index >= 15 is 0 Å². The maximum Gasteiger partial charge on any atom is 0.338 e. The molecule has 1 aliphatic rings. The Morgan fingerprint density at radius 2 is 2.07 bits per heavy atom. The predicted molar refractivity (Wildman–Crippen MR) is 106 cm³/mol. The molecular weight excluding hydrogens is 378 g/mol. The molecule has 3 heterocycles. The summed E-state index contributed by atoms with van der Waals surface area (Å²) in [6.07, 6.45) is 3.41.